The summed E-state index contributed by atoms with van der Waals surface area (Å²) >= 11 is 0. The van der Waals surface area contributed by atoms with E-state index < -0.39 is 0 Å². The highest BCUT2D eigenvalue weighted by molar-refractivity contribution is 4.69. The number of ether oxygens (including phenoxy) is 1. The molecule has 1 heteroatoms. The monoisotopic (exact) mass is 256 g/mol. The third-order valence-electron chi connectivity index (χ3n) is 3.84. The van der Waals surface area contributed by atoms with Gasteiger partial charge < -0.3 is 4.74 Å². The Labute approximate surface area is 116 Å². The lowest BCUT2D eigenvalue weighted by Gasteiger charge is -2.26. The molecule has 0 aromatic carbocycles. The summed E-state index contributed by atoms with van der Waals surface area (Å²) in [5.41, 5.74) is 0. The Morgan fingerprint density at radius 3 is 1.61 bits per heavy atom. The molecule has 0 heterocycles. The van der Waals surface area contributed by atoms with Crippen LogP contribution in [0.15, 0.2) is 0 Å². The Morgan fingerprint density at radius 1 is 0.667 bits per heavy atom. The van der Waals surface area contributed by atoms with E-state index in [0.717, 1.165) is 12.5 Å². The average molecular weight is 256 g/mol. The van der Waals surface area contributed by atoms with Gasteiger partial charge >= 0.3 is 0 Å². The molecule has 2 fully saturated rings. The van der Waals surface area contributed by atoms with Crippen LogP contribution in [-0.4, -0.2) is 12.7 Å². The van der Waals surface area contributed by atoms with Crippen molar-refractivity contribution in [2.24, 2.45) is 5.92 Å². The van der Waals surface area contributed by atoms with Crippen molar-refractivity contribution < 1.29 is 4.74 Å². The molecule has 1 nitrogen and oxygen atoms in total. The second-order valence-corrected chi connectivity index (χ2v) is 5.10. The molecule has 0 saturated heterocycles. The van der Waals surface area contributed by atoms with Crippen LogP contribution in [0.1, 0.15) is 91.9 Å². The molecule has 0 aromatic heterocycles. The first-order valence-corrected chi connectivity index (χ1v) is 8.57. The van der Waals surface area contributed by atoms with Crippen molar-refractivity contribution in [2.45, 2.75) is 98.0 Å². The van der Waals surface area contributed by atoms with Gasteiger partial charge in [0.15, 0.2) is 0 Å². The number of hydrogen-bond acceptors (Lipinski definition) is 1. The molecular formula is C17H36O. The lowest BCUT2D eigenvalue weighted by atomic mass is 9.90. The van der Waals surface area contributed by atoms with Crippen LogP contribution in [0.3, 0.4) is 0 Å². The van der Waals surface area contributed by atoms with E-state index in [2.05, 4.69) is 0 Å². The van der Waals surface area contributed by atoms with Crippen LogP contribution in [0.5, 0.6) is 0 Å². The zero-order chi connectivity index (χ0) is 13.6. The highest BCUT2D eigenvalue weighted by Crippen LogP contribution is 2.26. The quantitative estimate of drug-likeness (QED) is 0.604. The van der Waals surface area contributed by atoms with Crippen molar-refractivity contribution in [1.82, 2.24) is 0 Å². The first kappa shape index (κ1) is 18.0. The van der Waals surface area contributed by atoms with Gasteiger partial charge in [-0.1, -0.05) is 66.2 Å². The minimum atomic E-state index is 0.616. The summed E-state index contributed by atoms with van der Waals surface area (Å²) in [5.74, 6) is 0.894. The fraction of sp³-hybridized carbons (Fsp3) is 1.00. The Morgan fingerprint density at radius 2 is 1.11 bits per heavy atom. The third kappa shape index (κ3) is 8.13. The van der Waals surface area contributed by atoms with Gasteiger partial charge in [-0.3, -0.25) is 0 Å². The molecule has 2 rings (SSSR count). The molecule has 18 heavy (non-hydrogen) atoms. The molecule has 2 aliphatic carbocycles. The van der Waals surface area contributed by atoms with Crippen LogP contribution in [0.2, 0.25) is 0 Å². The van der Waals surface area contributed by atoms with Crippen LogP contribution in [0.25, 0.3) is 0 Å². The maximum absolute atomic E-state index is 6.02. The van der Waals surface area contributed by atoms with Gasteiger partial charge in [0.2, 0.25) is 0 Å². The number of hydrogen-bond donors (Lipinski definition) is 0. The summed E-state index contributed by atoms with van der Waals surface area (Å²) in [6.45, 7) is 9.06. The topological polar surface area (TPSA) is 9.23 Å². The van der Waals surface area contributed by atoms with E-state index in [-0.39, 0.29) is 0 Å². The first-order valence-electron chi connectivity index (χ1n) is 8.57. The molecule has 110 valence electrons. The second kappa shape index (κ2) is 13.4. The van der Waals surface area contributed by atoms with Gasteiger partial charge in [-0.05, 0) is 31.6 Å². The normalized spacial score (nSPS) is 21.3. The summed E-state index contributed by atoms with van der Waals surface area (Å²) in [6, 6.07) is 0. The molecule has 0 N–H and O–H groups in total. The van der Waals surface area contributed by atoms with E-state index in [4.69, 9.17) is 4.74 Å². The number of rotatable bonds is 3. The van der Waals surface area contributed by atoms with Gasteiger partial charge in [-0.15, -0.1) is 0 Å². The smallest absolute Gasteiger partial charge is 0.0575 e. The van der Waals surface area contributed by atoms with Gasteiger partial charge in [-0.2, -0.15) is 0 Å². The maximum Gasteiger partial charge on any atom is 0.0575 e. The van der Waals surface area contributed by atoms with E-state index in [9.17, 15) is 0 Å². The minimum Gasteiger partial charge on any atom is -0.378 e. The van der Waals surface area contributed by atoms with E-state index in [1.165, 1.54) is 64.2 Å². The zero-order valence-electron chi connectivity index (χ0n) is 13.3. The van der Waals surface area contributed by atoms with E-state index >= 15 is 0 Å². The highest BCUT2D eigenvalue weighted by atomic mass is 16.5. The van der Waals surface area contributed by atoms with E-state index in [1.807, 2.05) is 27.7 Å². The van der Waals surface area contributed by atoms with Crippen molar-refractivity contribution in [2.75, 3.05) is 6.61 Å². The lowest BCUT2D eigenvalue weighted by Crippen LogP contribution is -2.22. The Bertz CT molecular complexity index is 126. The van der Waals surface area contributed by atoms with Gasteiger partial charge in [0.05, 0.1) is 6.10 Å². The molecule has 0 radical (unpaired) electrons. The third-order valence-corrected chi connectivity index (χ3v) is 3.84. The molecule has 0 aromatic rings. The largest absolute Gasteiger partial charge is 0.378 e. The Kier molecular flexibility index (Phi) is 13.4. The minimum absolute atomic E-state index is 0.616. The van der Waals surface area contributed by atoms with Gasteiger partial charge in [0.1, 0.15) is 0 Å². The molecule has 0 bridgehead atoms. The van der Waals surface area contributed by atoms with Crippen LogP contribution < -0.4 is 0 Å². The summed E-state index contributed by atoms with van der Waals surface area (Å²) in [4.78, 5) is 0. The van der Waals surface area contributed by atoms with E-state index in [1.54, 1.807) is 0 Å². The summed E-state index contributed by atoms with van der Waals surface area (Å²) in [7, 11) is 0. The van der Waals surface area contributed by atoms with Crippen molar-refractivity contribution in [3.05, 3.63) is 0 Å². The molecule has 0 spiro atoms. The van der Waals surface area contributed by atoms with E-state index in [0.29, 0.717) is 6.10 Å². The second-order valence-electron chi connectivity index (χ2n) is 5.10. The van der Waals surface area contributed by atoms with Crippen LogP contribution >= 0.6 is 0 Å². The standard InChI is InChI=1S/C13H24O.2C2H6/c1-3-7-12(8-4-1)11-14-13-9-5-2-6-10-13;2*1-2/h12-13H,1-11H2;2*1-2H3. The van der Waals surface area contributed by atoms with Crippen molar-refractivity contribution >= 4 is 0 Å². The highest BCUT2D eigenvalue weighted by Gasteiger charge is 2.18. The van der Waals surface area contributed by atoms with Crippen molar-refractivity contribution in [3.63, 3.8) is 0 Å². The Balaban J connectivity index is 0.000000659. The zero-order valence-corrected chi connectivity index (χ0v) is 13.3. The fourth-order valence-electron chi connectivity index (χ4n) is 2.86. The predicted molar refractivity (Wildman–Crippen MR) is 82.1 cm³/mol. The maximum atomic E-state index is 6.02. The van der Waals surface area contributed by atoms with Gasteiger partial charge in [0.25, 0.3) is 0 Å². The Hall–Kier alpha value is -0.0400. The molecule has 0 unspecified atom stereocenters. The molecule has 0 aliphatic heterocycles. The van der Waals surface area contributed by atoms with Crippen LogP contribution in [0.4, 0.5) is 0 Å². The predicted octanol–water partition coefficient (Wildman–Crippen LogP) is 5.97. The summed E-state index contributed by atoms with van der Waals surface area (Å²) in [6.07, 6.45) is 14.7. The van der Waals surface area contributed by atoms with Crippen LogP contribution in [-0.2, 0) is 4.74 Å². The van der Waals surface area contributed by atoms with Crippen molar-refractivity contribution in [1.29, 1.82) is 0 Å². The van der Waals surface area contributed by atoms with Gasteiger partial charge in [-0.25, -0.2) is 0 Å². The summed E-state index contributed by atoms with van der Waals surface area (Å²) < 4.78 is 6.02. The fourth-order valence-corrected chi connectivity index (χ4v) is 2.86. The molecule has 0 amide bonds. The average Bonchev–Trinajstić information content (AvgIpc) is 2.51. The molecule has 2 aliphatic rings. The summed E-state index contributed by atoms with van der Waals surface area (Å²) in [5, 5.41) is 0. The first-order chi connectivity index (χ1) is 8.95. The van der Waals surface area contributed by atoms with Gasteiger partial charge in [0, 0.05) is 6.61 Å². The lowest BCUT2D eigenvalue weighted by molar-refractivity contribution is 0.00120. The molecule has 0 atom stereocenters. The van der Waals surface area contributed by atoms with Crippen molar-refractivity contribution in [3.8, 4) is 0 Å². The molecule has 2 saturated carbocycles. The molecular weight excluding hydrogens is 220 g/mol. The SMILES string of the molecule is C1CCC(COC2CCCCC2)CC1.CC.CC. The van der Waals surface area contributed by atoms with Crippen LogP contribution in [0, 0.1) is 5.92 Å².